The fraction of sp³-hybridized carbons (Fsp3) is 0.296. The molecule has 0 atom stereocenters. The molecule has 1 saturated heterocycles. The van der Waals surface area contributed by atoms with Crippen LogP contribution in [-0.2, 0) is 6.54 Å². The maximum atomic E-state index is 12.6. The number of thioether (sulfide) groups is 1. The number of nitrogens with zero attached hydrogens (tertiary/aromatic N) is 1. The summed E-state index contributed by atoms with van der Waals surface area (Å²) in [5, 5.41) is 3.19. The topological polar surface area (TPSA) is 41.6 Å². The molecule has 1 fully saturated rings. The van der Waals surface area contributed by atoms with E-state index in [-0.39, 0.29) is 11.9 Å². The van der Waals surface area contributed by atoms with Gasteiger partial charge in [0.25, 0.3) is 5.91 Å². The summed E-state index contributed by atoms with van der Waals surface area (Å²) in [5.41, 5.74) is 4.49. The molecule has 0 bridgehead atoms. The average molecular weight is 447 g/mol. The van der Waals surface area contributed by atoms with E-state index in [4.69, 9.17) is 4.74 Å². The first kappa shape index (κ1) is 22.4. The predicted molar refractivity (Wildman–Crippen MR) is 132 cm³/mol. The van der Waals surface area contributed by atoms with E-state index in [0.717, 1.165) is 32.5 Å². The van der Waals surface area contributed by atoms with Crippen LogP contribution in [0.15, 0.2) is 77.7 Å². The van der Waals surface area contributed by atoms with Crippen LogP contribution >= 0.6 is 11.8 Å². The molecule has 4 rings (SSSR count). The Hall–Kier alpha value is -2.76. The highest BCUT2D eigenvalue weighted by Gasteiger charge is 2.21. The van der Waals surface area contributed by atoms with E-state index in [1.165, 1.54) is 21.6 Å². The normalized spacial score (nSPS) is 14.8. The number of hydrogen-bond acceptors (Lipinski definition) is 4. The van der Waals surface area contributed by atoms with Crippen molar-refractivity contribution in [1.29, 1.82) is 0 Å². The van der Waals surface area contributed by atoms with E-state index < -0.39 is 0 Å². The van der Waals surface area contributed by atoms with Crippen LogP contribution in [-0.4, -0.2) is 43.3 Å². The highest BCUT2D eigenvalue weighted by atomic mass is 32.2. The third-order valence-electron chi connectivity index (χ3n) is 6.01. The van der Waals surface area contributed by atoms with Gasteiger partial charge in [0.05, 0.1) is 7.11 Å². The SMILES string of the molecule is COc1cccc(C(=O)NC2CCN(Cc3cccc(-c4ccc(SC)cc4)c3)CC2)c1. The Morgan fingerprint density at radius 1 is 1.00 bits per heavy atom. The summed E-state index contributed by atoms with van der Waals surface area (Å²) in [4.78, 5) is 16.3. The molecule has 32 heavy (non-hydrogen) atoms. The van der Waals surface area contributed by atoms with E-state index >= 15 is 0 Å². The van der Waals surface area contributed by atoms with E-state index in [9.17, 15) is 4.79 Å². The molecular weight excluding hydrogens is 416 g/mol. The molecule has 1 amide bonds. The largest absolute Gasteiger partial charge is 0.497 e. The van der Waals surface area contributed by atoms with Crippen molar-refractivity contribution in [2.24, 2.45) is 0 Å². The van der Waals surface area contributed by atoms with E-state index in [0.29, 0.717) is 11.3 Å². The van der Waals surface area contributed by atoms with Crippen molar-refractivity contribution >= 4 is 17.7 Å². The lowest BCUT2D eigenvalue weighted by molar-refractivity contribution is 0.0908. The zero-order valence-electron chi connectivity index (χ0n) is 18.7. The second-order valence-corrected chi connectivity index (χ2v) is 9.06. The molecule has 1 N–H and O–H groups in total. The number of nitrogens with one attached hydrogen (secondary N) is 1. The highest BCUT2D eigenvalue weighted by molar-refractivity contribution is 7.98. The van der Waals surface area contributed by atoms with Crippen LogP contribution in [0.1, 0.15) is 28.8 Å². The number of benzene rings is 3. The lowest BCUT2D eigenvalue weighted by Crippen LogP contribution is -2.44. The molecule has 3 aromatic rings. The van der Waals surface area contributed by atoms with Crippen molar-refractivity contribution in [3.8, 4) is 16.9 Å². The summed E-state index contributed by atoms with van der Waals surface area (Å²) in [6.45, 7) is 2.90. The van der Waals surface area contributed by atoms with Crippen LogP contribution in [0.2, 0.25) is 0 Å². The Morgan fingerprint density at radius 3 is 2.47 bits per heavy atom. The van der Waals surface area contributed by atoms with Gasteiger partial charge in [0.15, 0.2) is 0 Å². The van der Waals surface area contributed by atoms with E-state index in [2.05, 4.69) is 65.0 Å². The number of hydrogen-bond donors (Lipinski definition) is 1. The highest BCUT2D eigenvalue weighted by Crippen LogP contribution is 2.25. The first-order chi connectivity index (χ1) is 15.6. The number of amides is 1. The van der Waals surface area contributed by atoms with Gasteiger partial charge in [0, 0.05) is 36.1 Å². The molecule has 3 aromatic carbocycles. The molecule has 0 unspecified atom stereocenters. The minimum atomic E-state index is -0.0254. The zero-order valence-corrected chi connectivity index (χ0v) is 19.5. The van der Waals surface area contributed by atoms with Crippen LogP contribution in [0.3, 0.4) is 0 Å². The number of ether oxygens (including phenoxy) is 1. The summed E-state index contributed by atoms with van der Waals surface area (Å²) in [5.74, 6) is 0.678. The van der Waals surface area contributed by atoms with E-state index in [1.807, 2.05) is 18.2 Å². The predicted octanol–water partition coefficient (Wildman–Crippen LogP) is 5.48. The van der Waals surface area contributed by atoms with Gasteiger partial charge in [-0.25, -0.2) is 0 Å². The van der Waals surface area contributed by atoms with Crippen LogP contribution in [0.4, 0.5) is 0 Å². The molecular formula is C27H30N2O2S. The van der Waals surface area contributed by atoms with Crippen molar-refractivity contribution in [3.05, 3.63) is 83.9 Å². The number of rotatable bonds is 7. The first-order valence-corrected chi connectivity index (χ1v) is 12.3. The molecule has 0 radical (unpaired) electrons. The Morgan fingerprint density at radius 2 is 1.75 bits per heavy atom. The summed E-state index contributed by atoms with van der Waals surface area (Å²) < 4.78 is 5.22. The van der Waals surface area contributed by atoms with Crippen molar-refractivity contribution < 1.29 is 9.53 Å². The van der Waals surface area contributed by atoms with Gasteiger partial charge in [-0.15, -0.1) is 11.8 Å². The fourth-order valence-electron chi connectivity index (χ4n) is 4.16. The van der Waals surface area contributed by atoms with Crippen LogP contribution < -0.4 is 10.1 Å². The van der Waals surface area contributed by atoms with Gasteiger partial charge in [-0.3, -0.25) is 9.69 Å². The summed E-state index contributed by atoms with van der Waals surface area (Å²) >= 11 is 1.76. The molecule has 0 spiro atoms. The fourth-order valence-corrected chi connectivity index (χ4v) is 4.57. The molecule has 0 saturated carbocycles. The minimum absolute atomic E-state index is 0.0254. The van der Waals surface area contributed by atoms with E-state index in [1.54, 1.807) is 24.9 Å². The summed E-state index contributed by atoms with van der Waals surface area (Å²) in [7, 11) is 1.61. The van der Waals surface area contributed by atoms with Gasteiger partial charge in [0.1, 0.15) is 5.75 Å². The summed E-state index contributed by atoms with van der Waals surface area (Å²) in [6, 6.07) is 25.1. The lowest BCUT2D eigenvalue weighted by atomic mass is 10.0. The molecule has 1 heterocycles. The molecule has 1 aliphatic heterocycles. The Labute approximate surface area is 195 Å². The number of carbonyl (C=O) groups is 1. The van der Waals surface area contributed by atoms with Gasteiger partial charge in [-0.05, 0) is 72.2 Å². The average Bonchev–Trinajstić information content (AvgIpc) is 2.85. The second kappa shape index (κ2) is 10.7. The molecule has 1 aliphatic rings. The maximum absolute atomic E-state index is 12.6. The number of methoxy groups -OCH3 is 1. The molecule has 5 heteroatoms. The molecule has 4 nitrogen and oxygen atoms in total. The maximum Gasteiger partial charge on any atom is 0.251 e. The number of piperidine rings is 1. The van der Waals surface area contributed by atoms with Gasteiger partial charge in [0.2, 0.25) is 0 Å². The Kier molecular flexibility index (Phi) is 7.51. The van der Waals surface area contributed by atoms with Crippen LogP contribution in [0.25, 0.3) is 11.1 Å². The molecule has 0 aliphatic carbocycles. The van der Waals surface area contributed by atoms with Gasteiger partial charge in [-0.2, -0.15) is 0 Å². The smallest absolute Gasteiger partial charge is 0.251 e. The quantitative estimate of drug-likeness (QED) is 0.488. The monoisotopic (exact) mass is 446 g/mol. The zero-order chi connectivity index (χ0) is 22.3. The van der Waals surface area contributed by atoms with Crippen LogP contribution in [0, 0.1) is 0 Å². The van der Waals surface area contributed by atoms with Crippen molar-refractivity contribution in [2.75, 3.05) is 26.5 Å². The van der Waals surface area contributed by atoms with Gasteiger partial charge >= 0.3 is 0 Å². The summed E-state index contributed by atoms with van der Waals surface area (Å²) in [6.07, 6.45) is 4.03. The molecule has 0 aromatic heterocycles. The van der Waals surface area contributed by atoms with Gasteiger partial charge < -0.3 is 10.1 Å². The van der Waals surface area contributed by atoms with Crippen molar-refractivity contribution in [3.63, 3.8) is 0 Å². The van der Waals surface area contributed by atoms with Crippen LogP contribution in [0.5, 0.6) is 5.75 Å². The first-order valence-electron chi connectivity index (χ1n) is 11.1. The third kappa shape index (κ3) is 5.72. The number of likely N-dealkylation sites (tertiary alicyclic amines) is 1. The standard InChI is InChI=1S/C27H30N2O2S/c1-31-25-8-4-7-23(18-25)27(30)28-24-13-15-29(16-14-24)19-20-5-3-6-22(17-20)21-9-11-26(32-2)12-10-21/h3-12,17-18,24H,13-16,19H2,1-2H3,(H,28,30). The Balaban J connectivity index is 1.30. The second-order valence-electron chi connectivity index (χ2n) is 8.18. The van der Waals surface area contributed by atoms with Crippen molar-refractivity contribution in [2.45, 2.75) is 30.3 Å². The molecule has 166 valence electrons. The minimum Gasteiger partial charge on any atom is -0.497 e. The Bertz CT molecular complexity index is 1040. The lowest BCUT2D eigenvalue weighted by Gasteiger charge is -2.32. The third-order valence-corrected chi connectivity index (χ3v) is 6.75. The number of carbonyl (C=O) groups excluding carboxylic acids is 1. The van der Waals surface area contributed by atoms with Gasteiger partial charge in [-0.1, -0.05) is 36.4 Å². The van der Waals surface area contributed by atoms with Crippen molar-refractivity contribution in [1.82, 2.24) is 10.2 Å².